The van der Waals surface area contributed by atoms with E-state index in [4.69, 9.17) is 10.7 Å². The number of aromatic nitrogens is 3. The van der Waals surface area contributed by atoms with Crippen LogP contribution in [0.2, 0.25) is 0 Å². The van der Waals surface area contributed by atoms with Crippen LogP contribution in [-0.2, 0) is 13.6 Å². The third kappa shape index (κ3) is 4.57. The lowest BCUT2D eigenvalue weighted by Crippen LogP contribution is -2.40. The molecule has 2 aliphatic heterocycles. The maximum atomic E-state index is 14.7. The molecule has 1 saturated heterocycles. The number of likely N-dealkylation sites (tertiary alicyclic amines) is 1. The predicted octanol–water partition coefficient (Wildman–Crippen LogP) is 4.42. The van der Waals surface area contributed by atoms with Gasteiger partial charge in [-0.05, 0) is 55.8 Å². The molecule has 2 aromatic heterocycles. The molecule has 2 aromatic carbocycles. The normalized spacial score (nSPS) is 18.3. The third-order valence-electron chi connectivity index (χ3n) is 7.20. The molecule has 198 valence electrons. The number of carbonyl (C=O) groups excluding carboxylic acids is 1. The summed E-state index contributed by atoms with van der Waals surface area (Å²) in [6.45, 7) is 3.30. The van der Waals surface area contributed by atoms with Gasteiger partial charge in [0, 0.05) is 60.4 Å². The molecule has 0 saturated carbocycles. The number of carbonyl (C=O) groups is 1. The number of halogens is 2. The smallest absolute Gasteiger partial charge is 0.253 e. The SMILES string of the molecule is Cn1ccc2c1-c1nc(Nc3ccc(C(=O)N4CC[C@](C)(N)C4)cc3)ncc1CN=C2c1c(F)cccc1F. The minimum absolute atomic E-state index is 0.0460. The minimum atomic E-state index is -0.674. The first-order valence-corrected chi connectivity index (χ1v) is 12.7. The highest BCUT2D eigenvalue weighted by Crippen LogP contribution is 2.33. The molecule has 1 fully saturated rings. The fraction of sp³-hybridized carbons (Fsp3) is 0.241. The number of hydrogen-bond acceptors (Lipinski definition) is 6. The molecule has 1 atom stereocenters. The maximum Gasteiger partial charge on any atom is 0.253 e. The van der Waals surface area contributed by atoms with E-state index < -0.39 is 11.6 Å². The fourth-order valence-corrected chi connectivity index (χ4v) is 5.16. The van der Waals surface area contributed by atoms with Crippen molar-refractivity contribution < 1.29 is 13.6 Å². The Morgan fingerprint density at radius 1 is 1.10 bits per heavy atom. The third-order valence-corrected chi connectivity index (χ3v) is 7.20. The van der Waals surface area contributed by atoms with Crippen LogP contribution in [0.1, 0.15) is 40.4 Å². The molecule has 0 unspecified atom stereocenters. The maximum absolute atomic E-state index is 14.7. The first kappa shape index (κ1) is 24.9. The second-order valence-corrected chi connectivity index (χ2v) is 10.4. The van der Waals surface area contributed by atoms with Gasteiger partial charge in [0.2, 0.25) is 5.95 Å². The first-order valence-electron chi connectivity index (χ1n) is 12.7. The number of benzene rings is 2. The molecular weight excluding hydrogens is 500 g/mol. The van der Waals surface area contributed by atoms with Gasteiger partial charge in [-0.1, -0.05) is 6.07 Å². The Morgan fingerprint density at radius 2 is 1.85 bits per heavy atom. The molecule has 1 amide bonds. The zero-order valence-electron chi connectivity index (χ0n) is 21.6. The summed E-state index contributed by atoms with van der Waals surface area (Å²) in [6, 6.07) is 12.7. The quantitative estimate of drug-likeness (QED) is 0.409. The van der Waals surface area contributed by atoms with Crippen molar-refractivity contribution in [2.75, 3.05) is 18.4 Å². The standard InChI is InChI=1S/C29H27F2N7O/c1-29(32)11-13-38(16-29)27(39)17-6-8-19(9-7-17)35-28-34-15-18-14-33-25(23-21(30)4-3-5-22(23)31)20-10-12-37(2)26(20)24(18)36-28/h3-10,12,15H,11,13-14,16,32H2,1-2H3,(H,34,35,36)/t29-/m0/s1. The summed E-state index contributed by atoms with van der Waals surface area (Å²) in [5.41, 5.74) is 9.82. The van der Waals surface area contributed by atoms with Gasteiger partial charge in [-0.15, -0.1) is 0 Å². The van der Waals surface area contributed by atoms with Crippen LogP contribution in [0.5, 0.6) is 0 Å². The number of anilines is 2. The van der Waals surface area contributed by atoms with E-state index in [1.54, 1.807) is 41.4 Å². The number of rotatable bonds is 4. The van der Waals surface area contributed by atoms with Crippen molar-refractivity contribution in [3.63, 3.8) is 0 Å². The summed E-state index contributed by atoms with van der Waals surface area (Å²) in [6.07, 6.45) is 4.26. The van der Waals surface area contributed by atoms with Crippen molar-refractivity contribution >= 4 is 23.3 Å². The Hall–Kier alpha value is -4.44. The zero-order chi connectivity index (χ0) is 27.3. The van der Waals surface area contributed by atoms with Gasteiger partial charge in [0.15, 0.2) is 0 Å². The van der Waals surface area contributed by atoms with Gasteiger partial charge in [0.25, 0.3) is 5.91 Å². The van der Waals surface area contributed by atoms with E-state index in [1.807, 2.05) is 24.7 Å². The van der Waals surface area contributed by atoms with Crippen LogP contribution >= 0.6 is 0 Å². The second-order valence-electron chi connectivity index (χ2n) is 10.4. The minimum Gasteiger partial charge on any atom is -0.349 e. The van der Waals surface area contributed by atoms with E-state index in [1.165, 1.54) is 18.2 Å². The largest absolute Gasteiger partial charge is 0.349 e. The average Bonchev–Trinajstić information content (AvgIpc) is 3.42. The first-order chi connectivity index (χ1) is 18.7. The van der Waals surface area contributed by atoms with Gasteiger partial charge in [-0.2, -0.15) is 0 Å². The number of nitrogens with zero attached hydrogens (tertiary/aromatic N) is 5. The van der Waals surface area contributed by atoms with Crippen LogP contribution < -0.4 is 11.1 Å². The second kappa shape index (κ2) is 9.39. The molecule has 2 aliphatic rings. The molecular formula is C29H27F2N7O. The highest BCUT2D eigenvalue weighted by Gasteiger charge is 2.33. The lowest BCUT2D eigenvalue weighted by Gasteiger charge is -2.20. The Bertz CT molecular complexity index is 1610. The molecule has 3 N–H and O–H groups in total. The van der Waals surface area contributed by atoms with Crippen molar-refractivity contribution in [3.8, 4) is 11.4 Å². The van der Waals surface area contributed by atoms with Gasteiger partial charge in [0.05, 0.1) is 29.2 Å². The van der Waals surface area contributed by atoms with Crippen LogP contribution in [-0.4, -0.2) is 49.7 Å². The van der Waals surface area contributed by atoms with E-state index in [9.17, 15) is 13.6 Å². The topological polar surface area (TPSA) is 101 Å². The highest BCUT2D eigenvalue weighted by atomic mass is 19.1. The van der Waals surface area contributed by atoms with E-state index in [0.717, 1.165) is 12.0 Å². The van der Waals surface area contributed by atoms with Gasteiger partial charge in [-0.25, -0.2) is 18.7 Å². The molecule has 4 aromatic rings. The Morgan fingerprint density at radius 3 is 2.54 bits per heavy atom. The Labute approximate surface area is 224 Å². The van der Waals surface area contributed by atoms with E-state index in [-0.39, 0.29) is 29.3 Å². The van der Waals surface area contributed by atoms with Crippen LogP contribution in [0.25, 0.3) is 11.4 Å². The van der Waals surface area contributed by atoms with Crippen molar-refractivity contribution in [2.45, 2.75) is 25.4 Å². The summed E-state index contributed by atoms with van der Waals surface area (Å²) in [5.74, 6) is -1.05. The highest BCUT2D eigenvalue weighted by molar-refractivity contribution is 6.16. The van der Waals surface area contributed by atoms with Crippen LogP contribution in [0.15, 0.2) is 65.9 Å². The number of aliphatic imine (C=N–C) groups is 1. The molecule has 0 aliphatic carbocycles. The Kier molecular flexibility index (Phi) is 5.99. The van der Waals surface area contributed by atoms with Crippen molar-refractivity contribution in [1.82, 2.24) is 19.4 Å². The van der Waals surface area contributed by atoms with Crippen LogP contribution in [0, 0.1) is 11.6 Å². The van der Waals surface area contributed by atoms with Gasteiger partial charge in [0.1, 0.15) is 11.6 Å². The summed E-state index contributed by atoms with van der Waals surface area (Å²) < 4.78 is 31.3. The predicted molar refractivity (Wildman–Crippen MR) is 145 cm³/mol. The Balaban J connectivity index is 1.28. The van der Waals surface area contributed by atoms with Crippen molar-refractivity contribution in [2.24, 2.45) is 17.8 Å². The molecule has 6 rings (SSSR count). The summed E-state index contributed by atoms with van der Waals surface area (Å²) in [4.78, 5) is 28.4. The lowest BCUT2D eigenvalue weighted by molar-refractivity contribution is 0.0785. The number of nitrogens with two attached hydrogens (primary N) is 1. The molecule has 0 spiro atoms. The molecule has 0 radical (unpaired) electrons. The number of aryl methyl sites for hydroxylation is 1. The van der Waals surface area contributed by atoms with Crippen LogP contribution in [0.3, 0.4) is 0 Å². The molecule has 8 nitrogen and oxygen atoms in total. The monoisotopic (exact) mass is 527 g/mol. The number of amides is 1. The molecule has 10 heteroatoms. The zero-order valence-corrected chi connectivity index (χ0v) is 21.6. The summed E-state index contributed by atoms with van der Waals surface area (Å²) >= 11 is 0. The lowest BCUT2D eigenvalue weighted by atomic mass is 10.00. The van der Waals surface area contributed by atoms with Crippen molar-refractivity contribution in [1.29, 1.82) is 0 Å². The molecule has 0 bridgehead atoms. The summed E-state index contributed by atoms with van der Waals surface area (Å²) in [7, 11) is 1.85. The summed E-state index contributed by atoms with van der Waals surface area (Å²) in [5, 5.41) is 3.19. The van der Waals surface area contributed by atoms with Crippen LogP contribution in [0.4, 0.5) is 20.4 Å². The van der Waals surface area contributed by atoms with E-state index >= 15 is 0 Å². The van der Waals surface area contributed by atoms with Gasteiger partial charge >= 0.3 is 0 Å². The van der Waals surface area contributed by atoms with Gasteiger partial charge < -0.3 is 20.5 Å². The van der Waals surface area contributed by atoms with E-state index in [2.05, 4.69) is 15.3 Å². The molecule has 39 heavy (non-hydrogen) atoms. The van der Waals surface area contributed by atoms with E-state index in [0.29, 0.717) is 47.2 Å². The number of hydrogen-bond donors (Lipinski definition) is 2. The number of fused-ring (bicyclic) bond motifs is 3. The van der Waals surface area contributed by atoms with Crippen molar-refractivity contribution in [3.05, 3.63) is 94.8 Å². The number of nitrogens with one attached hydrogen (secondary N) is 1. The fourth-order valence-electron chi connectivity index (χ4n) is 5.16. The molecule has 4 heterocycles. The van der Waals surface area contributed by atoms with Gasteiger partial charge in [-0.3, -0.25) is 9.79 Å². The average molecular weight is 528 g/mol.